The molecule has 0 aromatic carbocycles. The van der Waals surface area contributed by atoms with Crippen LogP contribution in [0.4, 0.5) is 0 Å². The number of hydrogen-bond donors (Lipinski definition) is 1. The molecule has 1 aliphatic rings. The minimum Gasteiger partial charge on any atom is -0.463 e. The predicted octanol–water partition coefficient (Wildman–Crippen LogP) is 2.93. The lowest BCUT2D eigenvalue weighted by Gasteiger charge is -2.49. The molecule has 10 heteroatoms. The Hall–Kier alpha value is -0.0794. The predicted molar refractivity (Wildman–Crippen MR) is 112 cm³/mol. The molecule has 7 nitrogen and oxygen atoms in total. The van der Waals surface area contributed by atoms with Gasteiger partial charge in [-0.05, 0) is 58.9 Å². The number of rotatable bonds is 8. The van der Waals surface area contributed by atoms with E-state index < -0.39 is 61.6 Å². The minimum absolute atomic E-state index is 0.00671. The number of ether oxygens (including phenoxy) is 2. The van der Waals surface area contributed by atoms with Crippen molar-refractivity contribution in [3.05, 3.63) is 0 Å². The van der Waals surface area contributed by atoms with Crippen LogP contribution >= 0.6 is 0 Å². The number of esters is 1. The van der Waals surface area contributed by atoms with Gasteiger partial charge in [-0.15, -0.1) is 0 Å². The Morgan fingerprint density at radius 2 is 1.22 bits per heavy atom. The number of carbonyl (C=O) groups excluding carboxylic acids is 1. The van der Waals surface area contributed by atoms with Crippen LogP contribution in [0.1, 0.15) is 6.92 Å². The molecule has 0 bridgehead atoms. The summed E-state index contributed by atoms with van der Waals surface area (Å²) in [6.45, 7) is 20.1. The average molecular weight is 439 g/mol. The standard InChI is InChI=1S/C17H38O7Si3/c1-12(18)20-11-13-14(22-25(2,3)4)15(23-26(5,6)7)16(17(19)21-13)24-27(8,9)10/h13-17,19H,11H2,1-10H3/t13-,14-,15+,16-,17+/m1/s1. The zero-order valence-electron chi connectivity index (χ0n) is 18.5. The molecule has 0 amide bonds. The van der Waals surface area contributed by atoms with Crippen LogP contribution in [-0.2, 0) is 27.5 Å². The van der Waals surface area contributed by atoms with Crippen LogP contribution in [0.15, 0.2) is 0 Å². The maximum Gasteiger partial charge on any atom is 0.302 e. The van der Waals surface area contributed by atoms with E-state index in [1.165, 1.54) is 6.92 Å². The van der Waals surface area contributed by atoms with Gasteiger partial charge in [0.25, 0.3) is 0 Å². The van der Waals surface area contributed by atoms with Crippen LogP contribution < -0.4 is 0 Å². The van der Waals surface area contributed by atoms with Gasteiger partial charge < -0.3 is 27.9 Å². The summed E-state index contributed by atoms with van der Waals surface area (Å²) in [6.07, 6.45) is -3.39. The van der Waals surface area contributed by atoms with Crippen LogP contribution in [0.25, 0.3) is 0 Å². The second kappa shape index (κ2) is 9.16. The van der Waals surface area contributed by atoms with Crippen molar-refractivity contribution < 1.29 is 32.7 Å². The summed E-state index contributed by atoms with van der Waals surface area (Å²) in [5.41, 5.74) is 0. The number of carbonyl (C=O) groups is 1. The Bertz CT molecular complexity index is 496. The molecule has 1 N–H and O–H groups in total. The first-order valence-electron chi connectivity index (χ1n) is 9.49. The third kappa shape index (κ3) is 9.31. The van der Waals surface area contributed by atoms with Crippen molar-refractivity contribution in [1.29, 1.82) is 0 Å². The van der Waals surface area contributed by atoms with Gasteiger partial charge in [-0.1, -0.05) is 0 Å². The van der Waals surface area contributed by atoms with E-state index in [4.69, 9.17) is 22.8 Å². The summed E-state index contributed by atoms with van der Waals surface area (Å²) in [6, 6.07) is 0. The summed E-state index contributed by atoms with van der Waals surface area (Å²) < 4.78 is 30.1. The Balaban J connectivity index is 3.25. The highest BCUT2D eigenvalue weighted by molar-refractivity contribution is 6.70. The molecule has 1 aliphatic heterocycles. The smallest absolute Gasteiger partial charge is 0.302 e. The van der Waals surface area contributed by atoms with Crippen molar-refractivity contribution in [2.45, 2.75) is 96.6 Å². The molecular formula is C17H38O7Si3. The van der Waals surface area contributed by atoms with Crippen LogP contribution in [0.5, 0.6) is 0 Å². The van der Waals surface area contributed by atoms with E-state index in [2.05, 4.69) is 58.9 Å². The highest BCUT2D eigenvalue weighted by Crippen LogP contribution is 2.32. The normalized spacial score (nSPS) is 30.3. The van der Waals surface area contributed by atoms with E-state index in [0.29, 0.717) is 0 Å². The fraction of sp³-hybridized carbons (Fsp3) is 0.941. The maximum absolute atomic E-state index is 11.3. The molecule has 1 heterocycles. The van der Waals surface area contributed by atoms with Crippen LogP contribution in [0.3, 0.4) is 0 Å². The molecule has 0 aromatic rings. The lowest BCUT2D eigenvalue weighted by molar-refractivity contribution is -0.276. The molecule has 0 saturated carbocycles. The van der Waals surface area contributed by atoms with Crippen molar-refractivity contribution >= 4 is 30.9 Å². The molecule has 5 atom stereocenters. The van der Waals surface area contributed by atoms with Gasteiger partial charge in [-0.25, -0.2) is 0 Å². The Morgan fingerprint density at radius 1 is 0.815 bits per heavy atom. The summed E-state index contributed by atoms with van der Waals surface area (Å²) in [4.78, 5) is 11.3. The van der Waals surface area contributed by atoms with Gasteiger partial charge in [0, 0.05) is 6.92 Å². The van der Waals surface area contributed by atoms with Crippen molar-refractivity contribution in [2.75, 3.05) is 6.61 Å². The summed E-state index contributed by atoms with van der Waals surface area (Å²) in [5.74, 6) is -0.400. The van der Waals surface area contributed by atoms with Crippen molar-refractivity contribution in [3.8, 4) is 0 Å². The van der Waals surface area contributed by atoms with Gasteiger partial charge in [0.1, 0.15) is 31.0 Å². The van der Waals surface area contributed by atoms with Crippen LogP contribution in [-0.4, -0.2) is 73.3 Å². The van der Waals surface area contributed by atoms with Crippen molar-refractivity contribution in [1.82, 2.24) is 0 Å². The molecule has 1 rings (SSSR count). The van der Waals surface area contributed by atoms with Crippen molar-refractivity contribution in [3.63, 3.8) is 0 Å². The number of aliphatic hydroxyl groups is 1. The first-order valence-corrected chi connectivity index (χ1v) is 19.7. The summed E-state index contributed by atoms with van der Waals surface area (Å²) in [7, 11) is -5.95. The summed E-state index contributed by atoms with van der Waals surface area (Å²) in [5, 5.41) is 10.7. The molecule has 0 aromatic heterocycles. The van der Waals surface area contributed by atoms with E-state index in [9.17, 15) is 9.90 Å². The third-order valence-corrected chi connectivity index (χ3v) is 6.47. The lowest BCUT2D eigenvalue weighted by Crippen LogP contribution is -2.65. The van der Waals surface area contributed by atoms with E-state index in [0.717, 1.165) is 0 Å². The topological polar surface area (TPSA) is 83.5 Å². The first-order chi connectivity index (χ1) is 12.0. The zero-order valence-corrected chi connectivity index (χ0v) is 21.5. The Labute approximate surface area is 167 Å². The largest absolute Gasteiger partial charge is 0.463 e. The molecule has 1 fully saturated rings. The van der Waals surface area contributed by atoms with E-state index in [1.54, 1.807) is 0 Å². The van der Waals surface area contributed by atoms with E-state index in [1.807, 2.05) is 0 Å². The SMILES string of the molecule is CC(=O)OC[C@H]1O[C@H](O)[C@H](O[Si](C)(C)C)[C@@H](O[Si](C)(C)C)[C@@H]1O[Si](C)(C)C. The molecule has 1 saturated heterocycles. The van der Waals surface area contributed by atoms with Crippen LogP contribution in [0.2, 0.25) is 58.9 Å². The second-order valence-corrected chi connectivity index (χ2v) is 23.3. The van der Waals surface area contributed by atoms with Gasteiger partial charge in [0.15, 0.2) is 31.2 Å². The molecular weight excluding hydrogens is 400 g/mol. The zero-order chi connectivity index (χ0) is 21.2. The molecule has 0 aliphatic carbocycles. The quantitative estimate of drug-likeness (QED) is 0.461. The van der Waals surface area contributed by atoms with Crippen molar-refractivity contribution in [2.24, 2.45) is 0 Å². The Kier molecular flexibility index (Phi) is 8.47. The number of hydrogen-bond acceptors (Lipinski definition) is 7. The van der Waals surface area contributed by atoms with E-state index in [-0.39, 0.29) is 6.61 Å². The fourth-order valence-electron chi connectivity index (χ4n) is 2.86. The fourth-order valence-corrected chi connectivity index (χ4v) is 6.11. The summed E-state index contributed by atoms with van der Waals surface area (Å²) >= 11 is 0. The highest BCUT2D eigenvalue weighted by atomic mass is 28.4. The number of aliphatic hydroxyl groups excluding tert-OH is 1. The lowest BCUT2D eigenvalue weighted by atomic mass is 9.99. The van der Waals surface area contributed by atoms with Gasteiger partial charge in [0.05, 0.1) is 0 Å². The van der Waals surface area contributed by atoms with Gasteiger partial charge >= 0.3 is 5.97 Å². The molecule has 0 unspecified atom stereocenters. The van der Waals surface area contributed by atoms with Gasteiger partial charge in [0.2, 0.25) is 0 Å². The first kappa shape index (κ1) is 25.0. The van der Waals surface area contributed by atoms with Crippen LogP contribution in [0, 0.1) is 0 Å². The minimum atomic E-state index is -1.99. The molecule has 0 spiro atoms. The molecule has 0 radical (unpaired) electrons. The highest BCUT2D eigenvalue weighted by Gasteiger charge is 2.51. The van der Waals surface area contributed by atoms with Gasteiger partial charge in [-0.2, -0.15) is 0 Å². The Morgan fingerprint density at radius 3 is 1.63 bits per heavy atom. The average Bonchev–Trinajstić information content (AvgIpc) is 2.40. The third-order valence-electron chi connectivity index (χ3n) is 3.53. The molecule has 160 valence electrons. The van der Waals surface area contributed by atoms with E-state index >= 15 is 0 Å². The van der Waals surface area contributed by atoms with Gasteiger partial charge in [-0.3, -0.25) is 4.79 Å². The molecule has 27 heavy (non-hydrogen) atoms. The monoisotopic (exact) mass is 438 g/mol. The maximum atomic E-state index is 11.3. The second-order valence-electron chi connectivity index (χ2n) is 9.95.